The van der Waals surface area contributed by atoms with Gasteiger partial charge in [0.15, 0.2) is 0 Å². The fraction of sp³-hybridized carbons (Fsp3) is 0.333. The highest BCUT2D eigenvalue weighted by Crippen LogP contribution is 2.30. The molecule has 0 aliphatic carbocycles. The van der Waals surface area contributed by atoms with Crippen LogP contribution < -0.4 is 5.32 Å². The summed E-state index contributed by atoms with van der Waals surface area (Å²) in [6.07, 6.45) is 0.821. The molecule has 0 saturated heterocycles. The Hall–Kier alpha value is -2.18. The summed E-state index contributed by atoms with van der Waals surface area (Å²) in [5.74, 6) is -0.0355. The van der Waals surface area contributed by atoms with Crippen LogP contribution in [0.1, 0.15) is 28.7 Å². The van der Waals surface area contributed by atoms with Gasteiger partial charge in [-0.2, -0.15) is 5.10 Å². The predicted molar refractivity (Wildman–Crippen MR) is 97.1 cm³/mol. The van der Waals surface area contributed by atoms with Gasteiger partial charge in [-0.25, -0.2) is 4.68 Å². The van der Waals surface area contributed by atoms with Crippen LogP contribution in [-0.2, 0) is 4.74 Å². The number of amides is 1. The minimum absolute atomic E-state index is 0.0355. The van der Waals surface area contributed by atoms with Gasteiger partial charge in [0.2, 0.25) is 0 Å². The zero-order chi connectivity index (χ0) is 16.9. The van der Waals surface area contributed by atoms with Crippen LogP contribution in [0.25, 0.3) is 15.9 Å². The van der Waals surface area contributed by atoms with Crippen molar-refractivity contribution in [3.05, 3.63) is 47.0 Å². The number of aryl methyl sites for hydroxylation is 1. The van der Waals surface area contributed by atoms with E-state index in [1.54, 1.807) is 0 Å². The van der Waals surface area contributed by atoms with Gasteiger partial charge in [0.25, 0.3) is 5.91 Å². The second-order valence-corrected chi connectivity index (χ2v) is 6.50. The number of para-hydroxylation sites is 1. The van der Waals surface area contributed by atoms with Crippen molar-refractivity contribution in [2.75, 3.05) is 19.8 Å². The number of ether oxygens (including phenoxy) is 1. The molecule has 3 rings (SSSR count). The molecule has 0 spiro atoms. The number of nitrogens with zero attached hydrogens (tertiary/aromatic N) is 2. The third kappa shape index (κ3) is 3.49. The number of carbonyl (C=O) groups excluding carboxylic acids is 1. The topological polar surface area (TPSA) is 56.1 Å². The molecule has 1 aromatic carbocycles. The van der Waals surface area contributed by atoms with Crippen molar-refractivity contribution in [2.24, 2.45) is 0 Å². The van der Waals surface area contributed by atoms with Gasteiger partial charge >= 0.3 is 0 Å². The molecule has 0 atom stereocenters. The molecular weight excluding hydrogens is 322 g/mol. The fourth-order valence-electron chi connectivity index (χ4n) is 2.51. The first-order valence-corrected chi connectivity index (χ1v) is 8.93. The summed E-state index contributed by atoms with van der Waals surface area (Å²) in [7, 11) is 0. The van der Waals surface area contributed by atoms with Crippen LogP contribution in [0.3, 0.4) is 0 Å². The van der Waals surface area contributed by atoms with Crippen LogP contribution in [0.2, 0.25) is 0 Å². The van der Waals surface area contributed by atoms with Crippen molar-refractivity contribution >= 4 is 27.5 Å². The number of benzene rings is 1. The molecule has 0 fully saturated rings. The monoisotopic (exact) mass is 343 g/mol. The third-order valence-corrected chi connectivity index (χ3v) is 4.83. The molecule has 2 aromatic heterocycles. The Kier molecular flexibility index (Phi) is 5.27. The highest BCUT2D eigenvalue weighted by atomic mass is 32.1. The van der Waals surface area contributed by atoms with E-state index < -0.39 is 0 Å². The molecule has 0 saturated carbocycles. The minimum Gasteiger partial charge on any atom is -0.382 e. The van der Waals surface area contributed by atoms with Crippen molar-refractivity contribution in [3.63, 3.8) is 0 Å². The zero-order valence-corrected chi connectivity index (χ0v) is 14.7. The Balaban J connectivity index is 1.78. The average molecular weight is 343 g/mol. The summed E-state index contributed by atoms with van der Waals surface area (Å²) in [4.78, 5) is 14.0. The summed E-state index contributed by atoms with van der Waals surface area (Å²) in [5, 5.41) is 8.58. The maximum Gasteiger partial charge on any atom is 0.261 e. The van der Waals surface area contributed by atoms with Gasteiger partial charge in [0, 0.05) is 25.1 Å². The van der Waals surface area contributed by atoms with Crippen LogP contribution in [-0.4, -0.2) is 35.4 Å². The summed E-state index contributed by atoms with van der Waals surface area (Å²) >= 11 is 1.47. The van der Waals surface area contributed by atoms with Crippen LogP contribution in [0.15, 0.2) is 36.4 Å². The first-order chi connectivity index (χ1) is 11.7. The second-order valence-electron chi connectivity index (χ2n) is 5.47. The standard InChI is InChI=1S/C18H21N3O2S/c1-3-23-11-7-10-19-17(22)16-12-15-13(2)20-21(18(15)24-16)14-8-5-4-6-9-14/h4-6,8-9,12H,3,7,10-11H2,1-2H3,(H,19,22). The molecule has 24 heavy (non-hydrogen) atoms. The highest BCUT2D eigenvalue weighted by molar-refractivity contribution is 7.20. The molecule has 126 valence electrons. The fourth-order valence-corrected chi connectivity index (χ4v) is 3.61. The van der Waals surface area contributed by atoms with Crippen LogP contribution in [0.5, 0.6) is 0 Å². The Morgan fingerprint density at radius 3 is 2.88 bits per heavy atom. The van der Waals surface area contributed by atoms with Crippen LogP contribution in [0, 0.1) is 6.92 Å². The minimum atomic E-state index is -0.0355. The molecule has 0 radical (unpaired) electrons. The van der Waals surface area contributed by atoms with E-state index in [-0.39, 0.29) is 5.91 Å². The van der Waals surface area contributed by atoms with Gasteiger partial charge < -0.3 is 10.1 Å². The molecule has 6 heteroatoms. The average Bonchev–Trinajstić information content (AvgIpc) is 3.16. The van der Waals surface area contributed by atoms with E-state index >= 15 is 0 Å². The quantitative estimate of drug-likeness (QED) is 0.668. The molecule has 1 N–H and O–H groups in total. The number of carbonyl (C=O) groups is 1. The molecule has 0 aliphatic heterocycles. The van der Waals surface area contributed by atoms with E-state index in [2.05, 4.69) is 10.4 Å². The Bertz CT molecular complexity index is 824. The predicted octanol–water partition coefficient (Wildman–Crippen LogP) is 3.55. The van der Waals surface area contributed by atoms with E-state index in [4.69, 9.17) is 4.74 Å². The number of hydrogen-bond acceptors (Lipinski definition) is 4. The van der Waals surface area contributed by atoms with Crippen molar-refractivity contribution < 1.29 is 9.53 Å². The summed E-state index contributed by atoms with van der Waals surface area (Å²) in [6, 6.07) is 11.9. The van der Waals surface area contributed by atoms with Gasteiger partial charge in [-0.15, -0.1) is 11.3 Å². The maximum atomic E-state index is 12.3. The number of aromatic nitrogens is 2. The molecule has 0 unspecified atom stereocenters. The first-order valence-electron chi connectivity index (χ1n) is 8.11. The molecule has 1 amide bonds. The first kappa shape index (κ1) is 16.7. The number of fused-ring (bicyclic) bond motifs is 1. The molecule has 5 nitrogen and oxygen atoms in total. The summed E-state index contributed by atoms with van der Waals surface area (Å²) in [5.41, 5.74) is 1.93. The lowest BCUT2D eigenvalue weighted by atomic mass is 10.3. The Labute approximate surface area is 145 Å². The number of nitrogens with one attached hydrogen (secondary N) is 1. The van der Waals surface area contributed by atoms with Gasteiger partial charge in [-0.3, -0.25) is 4.79 Å². The van der Waals surface area contributed by atoms with Crippen LogP contribution >= 0.6 is 11.3 Å². The molecule has 0 bridgehead atoms. The lowest BCUT2D eigenvalue weighted by molar-refractivity contribution is 0.0948. The van der Waals surface area contributed by atoms with Crippen molar-refractivity contribution in [2.45, 2.75) is 20.3 Å². The van der Waals surface area contributed by atoms with E-state index in [0.29, 0.717) is 24.6 Å². The second kappa shape index (κ2) is 7.59. The SMILES string of the molecule is CCOCCCNC(=O)c1cc2c(C)nn(-c3ccccc3)c2s1. The van der Waals surface area contributed by atoms with Crippen LogP contribution in [0.4, 0.5) is 0 Å². The van der Waals surface area contributed by atoms with E-state index in [1.807, 2.05) is 54.9 Å². The van der Waals surface area contributed by atoms with Crippen molar-refractivity contribution in [1.29, 1.82) is 0 Å². The number of thiophene rings is 1. The molecule has 0 aliphatic rings. The highest BCUT2D eigenvalue weighted by Gasteiger charge is 2.16. The van der Waals surface area contributed by atoms with Gasteiger partial charge in [-0.05, 0) is 38.5 Å². The molecule has 3 aromatic rings. The largest absolute Gasteiger partial charge is 0.382 e. The lowest BCUT2D eigenvalue weighted by Crippen LogP contribution is -2.24. The summed E-state index contributed by atoms with van der Waals surface area (Å²) < 4.78 is 7.18. The molecular formula is C18H21N3O2S. The van der Waals surface area contributed by atoms with E-state index in [9.17, 15) is 4.79 Å². The normalized spacial score (nSPS) is 11.1. The Morgan fingerprint density at radius 2 is 2.12 bits per heavy atom. The Morgan fingerprint density at radius 1 is 1.33 bits per heavy atom. The van der Waals surface area contributed by atoms with Gasteiger partial charge in [-0.1, -0.05) is 18.2 Å². The van der Waals surface area contributed by atoms with Gasteiger partial charge in [0.1, 0.15) is 4.83 Å². The van der Waals surface area contributed by atoms with Crippen molar-refractivity contribution in [3.8, 4) is 5.69 Å². The smallest absolute Gasteiger partial charge is 0.261 e. The maximum absolute atomic E-state index is 12.3. The third-order valence-electron chi connectivity index (χ3n) is 3.72. The van der Waals surface area contributed by atoms with E-state index in [0.717, 1.165) is 28.0 Å². The summed E-state index contributed by atoms with van der Waals surface area (Å²) in [6.45, 7) is 5.94. The number of hydrogen-bond donors (Lipinski definition) is 1. The number of rotatable bonds is 7. The van der Waals surface area contributed by atoms with E-state index in [1.165, 1.54) is 11.3 Å². The zero-order valence-electron chi connectivity index (χ0n) is 13.9. The van der Waals surface area contributed by atoms with Gasteiger partial charge in [0.05, 0.1) is 16.3 Å². The van der Waals surface area contributed by atoms with Crippen molar-refractivity contribution in [1.82, 2.24) is 15.1 Å². The molecule has 2 heterocycles. The lowest BCUT2D eigenvalue weighted by Gasteiger charge is -2.04.